The summed E-state index contributed by atoms with van der Waals surface area (Å²) in [5.41, 5.74) is 1.18. The van der Waals surface area contributed by atoms with Crippen molar-refractivity contribution in [3.8, 4) is 0 Å². The lowest BCUT2D eigenvalue weighted by Crippen LogP contribution is -2.39. The molecule has 0 heterocycles. The minimum absolute atomic E-state index is 0. The molecule has 0 fully saturated rings. The Balaban J connectivity index is 0.00000420. The summed E-state index contributed by atoms with van der Waals surface area (Å²) in [6.07, 6.45) is 1.04. The Morgan fingerprint density at radius 1 is 1.00 bits per heavy atom. The third kappa shape index (κ3) is 7.51. The van der Waals surface area contributed by atoms with E-state index in [2.05, 4.69) is 5.32 Å². The lowest BCUT2D eigenvalue weighted by molar-refractivity contribution is -0.148. The average Bonchev–Trinajstić information content (AvgIpc) is 2.67. The molecular weight excluding hydrogens is 414 g/mol. The highest BCUT2D eigenvalue weighted by Gasteiger charge is 2.19. The van der Waals surface area contributed by atoms with Crippen LogP contribution in [0.3, 0.4) is 0 Å². The van der Waals surface area contributed by atoms with E-state index in [1.807, 2.05) is 6.92 Å². The molecule has 2 aromatic rings. The molecule has 1 N–H and O–H groups in total. The number of benzene rings is 2. The normalized spacial score (nSPS) is 11.8. The highest BCUT2D eigenvalue weighted by molar-refractivity contribution is 7.90. The minimum atomic E-state index is -3.51. The molecule has 0 spiro atoms. The van der Waals surface area contributed by atoms with Crippen LogP contribution in [0.25, 0.3) is 0 Å². The van der Waals surface area contributed by atoms with Gasteiger partial charge in [-0.2, -0.15) is 0 Å². The number of carbonyl (C=O) groups excluding carboxylic acids is 2. The number of halogens is 1. The van der Waals surface area contributed by atoms with E-state index in [0.717, 1.165) is 0 Å². The molecule has 0 aliphatic carbocycles. The van der Waals surface area contributed by atoms with Gasteiger partial charge in [0, 0.05) is 6.42 Å². The Kier molecular flexibility index (Phi) is 9.85. The second-order valence-electron chi connectivity index (χ2n) is 6.49. The molecule has 0 saturated carbocycles. The predicted octanol–water partition coefficient (Wildman–Crippen LogP) is 3.43. The lowest BCUT2D eigenvalue weighted by atomic mass is 10.1. The van der Waals surface area contributed by atoms with Crippen molar-refractivity contribution in [2.75, 3.05) is 0 Å². The monoisotopic (exact) mass is 439 g/mol. The molecule has 1 amide bonds. The summed E-state index contributed by atoms with van der Waals surface area (Å²) in [5, 5.41) is 2.58. The van der Waals surface area contributed by atoms with Crippen molar-refractivity contribution in [1.82, 2.24) is 5.32 Å². The quantitative estimate of drug-likeness (QED) is 0.604. The molecule has 6 nitrogen and oxygen atoms in total. The number of carbonyl (C=O) groups is 2. The molecule has 0 saturated heterocycles. The van der Waals surface area contributed by atoms with Crippen LogP contribution in [-0.2, 0) is 36.5 Å². The van der Waals surface area contributed by atoms with Crippen molar-refractivity contribution < 1.29 is 22.7 Å². The minimum Gasteiger partial charge on any atom is -0.459 e. The van der Waals surface area contributed by atoms with Crippen LogP contribution in [0.5, 0.6) is 0 Å². The van der Waals surface area contributed by atoms with Crippen molar-refractivity contribution in [2.45, 2.75) is 50.0 Å². The van der Waals surface area contributed by atoms with E-state index in [-0.39, 0.29) is 35.6 Å². The first-order valence-corrected chi connectivity index (χ1v) is 10.8. The van der Waals surface area contributed by atoms with E-state index in [9.17, 15) is 18.0 Å². The zero-order valence-electron chi connectivity index (χ0n) is 16.5. The zero-order valence-corrected chi connectivity index (χ0v) is 18.1. The van der Waals surface area contributed by atoms with Crippen LogP contribution in [0.15, 0.2) is 59.5 Å². The first-order valence-electron chi connectivity index (χ1n) is 9.14. The van der Waals surface area contributed by atoms with Crippen molar-refractivity contribution in [1.29, 1.82) is 0 Å². The molecule has 0 bridgehead atoms. The molecule has 158 valence electrons. The Labute approximate surface area is 178 Å². The van der Waals surface area contributed by atoms with Gasteiger partial charge in [-0.1, -0.05) is 49.4 Å². The Morgan fingerprint density at radius 3 is 2.21 bits per heavy atom. The van der Waals surface area contributed by atoms with E-state index >= 15 is 0 Å². The smallest absolute Gasteiger partial charge is 0.328 e. The summed E-state index contributed by atoms with van der Waals surface area (Å²) < 4.78 is 30.5. The van der Waals surface area contributed by atoms with Crippen molar-refractivity contribution in [2.24, 2.45) is 0 Å². The maximum atomic E-state index is 12.6. The molecule has 29 heavy (non-hydrogen) atoms. The number of amides is 1. The van der Waals surface area contributed by atoms with Gasteiger partial charge in [0.2, 0.25) is 5.91 Å². The molecular formula is C21H26ClNO5S. The SMILES string of the molecule is CCCC(=O)N[C@@H](C)C(=O)OCc1ccccc1CS(=O)(=O)c1ccccc1.Cl. The molecule has 0 aromatic heterocycles. The number of nitrogens with one attached hydrogen (secondary N) is 1. The predicted molar refractivity (Wildman–Crippen MR) is 113 cm³/mol. The van der Waals surface area contributed by atoms with Crippen molar-refractivity contribution in [3.05, 3.63) is 65.7 Å². The van der Waals surface area contributed by atoms with Gasteiger partial charge in [0.15, 0.2) is 9.84 Å². The topological polar surface area (TPSA) is 89.5 Å². The van der Waals surface area contributed by atoms with Crippen LogP contribution in [0.1, 0.15) is 37.8 Å². The fourth-order valence-corrected chi connectivity index (χ4v) is 4.06. The van der Waals surface area contributed by atoms with Gasteiger partial charge in [0.05, 0.1) is 10.6 Å². The van der Waals surface area contributed by atoms with Gasteiger partial charge >= 0.3 is 5.97 Å². The van der Waals surface area contributed by atoms with Gasteiger partial charge in [-0.25, -0.2) is 13.2 Å². The highest BCUT2D eigenvalue weighted by atomic mass is 35.5. The fourth-order valence-electron chi connectivity index (χ4n) is 2.63. The summed E-state index contributed by atoms with van der Waals surface area (Å²) in [6.45, 7) is 3.37. The van der Waals surface area contributed by atoms with Crippen LogP contribution < -0.4 is 5.32 Å². The van der Waals surface area contributed by atoms with Crippen molar-refractivity contribution >= 4 is 34.1 Å². The first-order chi connectivity index (χ1) is 13.3. The summed E-state index contributed by atoms with van der Waals surface area (Å²) in [5.74, 6) is -0.959. The molecule has 0 radical (unpaired) electrons. The third-order valence-electron chi connectivity index (χ3n) is 4.14. The number of ether oxygens (including phenoxy) is 1. The maximum Gasteiger partial charge on any atom is 0.328 e. The standard InChI is InChI=1S/C21H25NO5S.ClH/c1-3-9-20(23)22-16(2)21(24)27-14-17-10-7-8-11-18(17)15-28(25,26)19-12-5-4-6-13-19;/h4-8,10-13,16H,3,9,14-15H2,1-2H3,(H,22,23);1H/t16-;/m0./s1. The third-order valence-corrected chi connectivity index (χ3v) is 5.83. The van der Waals surface area contributed by atoms with E-state index in [1.54, 1.807) is 61.5 Å². The van der Waals surface area contributed by atoms with Gasteiger partial charge in [0.1, 0.15) is 12.6 Å². The van der Waals surface area contributed by atoms with E-state index < -0.39 is 21.8 Å². The lowest BCUT2D eigenvalue weighted by Gasteiger charge is -2.15. The van der Waals surface area contributed by atoms with Gasteiger partial charge < -0.3 is 10.1 Å². The Bertz CT molecular complexity index is 916. The largest absolute Gasteiger partial charge is 0.459 e. The molecule has 2 aromatic carbocycles. The molecule has 0 aliphatic heterocycles. The summed E-state index contributed by atoms with van der Waals surface area (Å²) >= 11 is 0. The number of hydrogen-bond donors (Lipinski definition) is 1. The van der Waals surface area contributed by atoms with Crippen molar-refractivity contribution in [3.63, 3.8) is 0 Å². The van der Waals surface area contributed by atoms with Gasteiger partial charge in [-0.3, -0.25) is 4.79 Å². The number of rotatable bonds is 9. The molecule has 0 aliphatic rings. The van der Waals surface area contributed by atoms with Crippen LogP contribution in [0, 0.1) is 0 Å². The molecule has 0 unspecified atom stereocenters. The van der Waals surface area contributed by atoms with Gasteiger partial charge in [-0.15, -0.1) is 12.4 Å². The second kappa shape index (κ2) is 11.6. The highest BCUT2D eigenvalue weighted by Crippen LogP contribution is 2.19. The number of esters is 1. The van der Waals surface area contributed by atoms with Gasteiger partial charge in [-0.05, 0) is 36.6 Å². The Morgan fingerprint density at radius 2 is 1.59 bits per heavy atom. The number of hydrogen-bond acceptors (Lipinski definition) is 5. The first kappa shape index (κ1) is 24.7. The summed E-state index contributed by atoms with van der Waals surface area (Å²) in [4.78, 5) is 24.0. The van der Waals surface area contributed by atoms with E-state index in [0.29, 0.717) is 24.0 Å². The fraction of sp³-hybridized carbons (Fsp3) is 0.333. The molecule has 8 heteroatoms. The average molecular weight is 440 g/mol. The molecule has 2 rings (SSSR count). The summed E-state index contributed by atoms with van der Waals surface area (Å²) in [6, 6.07) is 14.4. The Hall–Kier alpha value is -2.38. The zero-order chi connectivity index (χ0) is 20.6. The van der Waals surface area contributed by atoms with E-state index in [1.165, 1.54) is 0 Å². The van der Waals surface area contributed by atoms with Gasteiger partial charge in [0.25, 0.3) is 0 Å². The number of sulfone groups is 1. The second-order valence-corrected chi connectivity index (χ2v) is 8.48. The maximum absolute atomic E-state index is 12.6. The van der Waals surface area contributed by atoms with Crippen LogP contribution in [-0.4, -0.2) is 26.3 Å². The van der Waals surface area contributed by atoms with Crippen LogP contribution in [0.4, 0.5) is 0 Å². The summed E-state index contributed by atoms with van der Waals surface area (Å²) in [7, 11) is -3.51. The van der Waals surface area contributed by atoms with Crippen LogP contribution in [0.2, 0.25) is 0 Å². The van der Waals surface area contributed by atoms with Crippen LogP contribution >= 0.6 is 12.4 Å². The van der Waals surface area contributed by atoms with E-state index in [4.69, 9.17) is 4.74 Å². The molecule has 1 atom stereocenters.